The molecule has 0 bridgehead atoms. The number of ether oxygens (including phenoxy) is 1. The largest absolute Gasteiger partial charge is 0.483 e. The Labute approximate surface area is 158 Å². The van der Waals surface area contributed by atoms with Crippen LogP contribution in [-0.2, 0) is 11.3 Å². The molecule has 0 unspecified atom stereocenters. The van der Waals surface area contributed by atoms with Crippen molar-refractivity contribution >= 4 is 23.4 Å². The van der Waals surface area contributed by atoms with E-state index < -0.39 is 0 Å². The second kappa shape index (κ2) is 8.72. The van der Waals surface area contributed by atoms with E-state index in [-0.39, 0.29) is 18.4 Å². The molecule has 0 aliphatic heterocycles. The molecule has 2 aromatic carbocycles. The predicted molar refractivity (Wildman–Crippen MR) is 103 cm³/mol. The van der Waals surface area contributed by atoms with E-state index in [1.165, 1.54) is 0 Å². The van der Waals surface area contributed by atoms with Gasteiger partial charge in [0.1, 0.15) is 5.75 Å². The highest BCUT2D eigenvalue weighted by molar-refractivity contribution is 6.30. The summed E-state index contributed by atoms with van der Waals surface area (Å²) in [6.07, 6.45) is 0. The number of carbonyl (C=O) groups is 2. The maximum Gasteiger partial charge on any atom is 0.260 e. The van der Waals surface area contributed by atoms with Crippen LogP contribution in [0.2, 0.25) is 5.02 Å². The molecule has 2 aromatic rings. The van der Waals surface area contributed by atoms with Crippen LogP contribution >= 0.6 is 11.6 Å². The van der Waals surface area contributed by atoms with Crippen LogP contribution in [0.3, 0.4) is 0 Å². The summed E-state index contributed by atoms with van der Waals surface area (Å²) >= 11 is 6.01. The molecule has 0 radical (unpaired) electrons. The Bertz CT molecular complexity index is 780. The van der Waals surface area contributed by atoms with Gasteiger partial charge in [-0.05, 0) is 54.8 Å². The summed E-state index contributed by atoms with van der Waals surface area (Å²) in [5, 5.41) is 3.23. The number of likely N-dealkylation sites (N-methyl/N-ethyl adjacent to an activating group) is 1. The van der Waals surface area contributed by atoms with Gasteiger partial charge in [0.25, 0.3) is 11.8 Å². The molecule has 0 aliphatic carbocycles. The predicted octanol–water partition coefficient (Wildman–Crippen LogP) is 3.35. The number of amides is 2. The Morgan fingerprint density at radius 1 is 1.12 bits per heavy atom. The van der Waals surface area contributed by atoms with Gasteiger partial charge in [-0.3, -0.25) is 9.59 Å². The standard InChI is InChI=1S/C20H23ClN2O3/c1-13-9-17(21)10-14(2)19(13)26-12-18(24)23(4)11-15-5-7-16(8-6-15)20(25)22-3/h5-10H,11-12H2,1-4H3,(H,22,25). The van der Waals surface area contributed by atoms with Crippen LogP contribution in [0.4, 0.5) is 0 Å². The third-order valence-electron chi connectivity index (χ3n) is 4.05. The number of nitrogens with one attached hydrogen (secondary N) is 1. The molecule has 138 valence electrons. The minimum absolute atomic E-state index is 0.0455. The first-order valence-corrected chi connectivity index (χ1v) is 8.64. The highest BCUT2D eigenvalue weighted by Crippen LogP contribution is 2.27. The fourth-order valence-corrected chi connectivity index (χ4v) is 2.96. The van der Waals surface area contributed by atoms with Crippen molar-refractivity contribution in [3.63, 3.8) is 0 Å². The normalized spacial score (nSPS) is 10.3. The van der Waals surface area contributed by atoms with Gasteiger partial charge >= 0.3 is 0 Å². The highest BCUT2D eigenvalue weighted by atomic mass is 35.5. The van der Waals surface area contributed by atoms with Crippen LogP contribution in [-0.4, -0.2) is 37.4 Å². The first kappa shape index (κ1) is 19.8. The van der Waals surface area contributed by atoms with Crippen LogP contribution in [0.15, 0.2) is 36.4 Å². The van der Waals surface area contributed by atoms with Crippen molar-refractivity contribution in [2.75, 3.05) is 20.7 Å². The lowest BCUT2D eigenvalue weighted by molar-refractivity contribution is -0.132. The van der Waals surface area contributed by atoms with E-state index in [2.05, 4.69) is 5.32 Å². The Kier molecular flexibility index (Phi) is 6.64. The van der Waals surface area contributed by atoms with E-state index in [9.17, 15) is 9.59 Å². The van der Waals surface area contributed by atoms with Crippen molar-refractivity contribution < 1.29 is 14.3 Å². The van der Waals surface area contributed by atoms with Gasteiger partial charge in [0, 0.05) is 31.2 Å². The van der Waals surface area contributed by atoms with Crippen molar-refractivity contribution in [3.8, 4) is 5.75 Å². The first-order valence-electron chi connectivity index (χ1n) is 8.26. The van der Waals surface area contributed by atoms with Gasteiger partial charge in [0.05, 0.1) is 0 Å². The van der Waals surface area contributed by atoms with Crippen LogP contribution in [0.1, 0.15) is 27.0 Å². The maximum absolute atomic E-state index is 12.3. The van der Waals surface area contributed by atoms with Gasteiger partial charge in [0.2, 0.25) is 0 Å². The number of hydrogen-bond acceptors (Lipinski definition) is 3. The van der Waals surface area contributed by atoms with Gasteiger partial charge < -0.3 is 15.0 Å². The Morgan fingerprint density at radius 2 is 1.69 bits per heavy atom. The quantitative estimate of drug-likeness (QED) is 0.843. The molecule has 0 aliphatic rings. The summed E-state index contributed by atoms with van der Waals surface area (Å²) in [6.45, 7) is 4.19. The minimum Gasteiger partial charge on any atom is -0.483 e. The zero-order valence-corrected chi connectivity index (χ0v) is 16.2. The molecule has 0 heterocycles. The highest BCUT2D eigenvalue weighted by Gasteiger charge is 2.13. The lowest BCUT2D eigenvalue weighted by Crippen LogP contribution is -2.31. The van der Waals surface area contributed by atoms with Crippen molar-refractivity contribution in [2.45, 2.75) is 20.4 Å². The Balaban J connectivity index is 1.95. The number of hydrogen-bond donors (Lipinski definition) is 1. The average molecular weight is 375 g/mol. The van der Waals surface area contributed by atoms with E-state index >= 15 is 0 Å². The molecule has 1 N–H and O–H groups in total. The van der Waals surface area contributed by atoms with E-state index in [4.69, 9.17) is 16.3 Å². The van der Waals surface area contributed by atoms with Gasteiger partial charge in [-0.25, -0.2) is 0 Å². The van der Waals surface area contributed by atoms with Gasteiger partial charge in [-0.15, -0.1) is 0 Å². The lowest BCUT2D eigenvalue weighted by Gasteiger charge is -2.19. The fraction of sp³-hybridized carbons (Fsp3) is 0.300. The summed E-state index contributed by atoms with van der Waals surface area (Å²) in [7, 11) is 3.31. The zero-order chi connectivity index (χ0) is 19.3. The molecule has 5 nitrogen and oxygen atoms in total. The molecule has 2 amide bonds. The number of aryl methyl sites for hydroxylation is 2. The number of benzene rings is 2. The summed E-state index contributed by atoms with van der Waals surface area (Å²) < 4.78 is 5.71. The van der Waals surface area contributed by atoms with Crippen LogP contribution in [0.5, 0.6) is 5.75 Å². The van der Waals surface area contributed by atoms with Crippen LogP contribution in [0.25, 0.3) is 0 Å². The molecule has 0 spiro atoms. The monoisotopic (exact) mass is 374 g/mol. The SMILES string of the molecule is CNC(=O)c1ccc(CN(C)C(=O)COc2c(C)cc(Cl)cc2C)cc1. The van der Waals surface area contributed by atoms with Gasteiger partial charge in [-0.1, -0.05) is 23.7 Å². The van der Waals surface area contributed by atoms with E-state index in [0.717, 1.165) is 16.7 Å². The van der Waals surface area contributed by atoms with E-state index in [1.54, 1.807) is 31.1 Å². The molecule has 6 heteroatoms. The van der Waals surface area contributed by atoms with Crippen molar-refractivity contribution in [3.05, 3.63) is 63.7 Å². The topological polar surface area (TPSA) is 58.6 Å². The molecule has 0 saturated heterocycles. The van der Waals surface area contributed by atoms with Crippen LogP contribution < -0.4 is 10.1 Å². The maximum atomic E-state index is 12.3. The number of halogens is 1. The lowest BCUT2D eigenvalue weighted by atomic mass is 10.1. The Morgan fingerprint density at radius 3 is 2.23 bits per heavy atom. The van der Waals surface area contributed by atoms with E-state index in [0.29, 0.717) is 22.9 Å². The number of nitrogens with zero attached hydrogens (tertiary/aromatic N) is 1. The van der Waals surface area contributed by atoms with Crippen molar-refractivity contribution in [1.29, 1.82) is 0 Å². The fourth-order valence-electron chi connectivity index (χ4n) is 2.64. The second-order valence-electron chi connectivity index (χ2n) is 6.18. The average Bonchev–Trinajstić information content (AvgIpc) is 2.60. The minimum atomic E-state index is -0.136. The van der Waals surface area contributed by atoms with E-state index in [1.807, 2.05) is 38.1 Å². The molecule has 26 heavy (non-hydrogen) atoms. The van der Waals surface area contributed by atoms with Crippen LogP contribution in [0, 0.1) is 13.8 Å². The van der Waals surface area contributed by atoms with Gasteiger partial charge in [0.15, 0.2) is 6.61 Å². The third-order valence-corrected chi connectivity index (χ3v) is 4.27. The van der Waals surface area contributed by atoms with Crippen molar-refractivity contribution in [1.82, 2.24) is 10.2 Å². The molecule has 0 aromatic heterocycles. The number of rotatable bonds is 6. The third kappa shape index (κ3) is 4.99. The smallest absolute Gasteiger partial charge is 0.260 e. The molecular weight excluding hydrogens is 352 g/mol. The molecule has 0 atom stereocenters. The van der Waals surface area contributed by atoms with Crippen molar-refractivity contribution in [2.24, 2.45) is 0 Å². The summed E-state index contributed by atoms with van der Waals surface area (Å²) in [5.41, 5.74) is 3.32. The number of carbonyl (C=O) groups excluding carboxylic acids is 2. The second-order valence-corrected chi connectivity index (χ2v) is 6.62. The molecular formula is C20H23ClN2O3. The summed E-state index contributed by atoms with van der Waals surface area (Å²) in [6, 6.07) is 10.8. The molecule has 2 rings (SSSR count). The summed E-state index contributed by atoms with van der Waals surface area (Å²) in [5.74, 6) is 0.420. The summed E-state index contributed by atoms with van der Waals surface area (Å²) in [4.78, 5) is 25.5. The van der Waals surface area contributed by atoms with Gasteiger partial charge in [-0.2, -0.15) is 0 Å². The first-order chi connectivity index (χ1) is 12.3. The zero-order valence-electron chi connectivity index (χ0n) is 15.4. The molecule has 0 fully saturated rings. The Hall–Kier alpha value is -2.53. The molecule has 0 saturated carbocycles.